The van der Waals surface area contributed by atoms with Crippen LogP contribution in [0.15, 0.2) is 12.1 Å². The van der Waals surface area contributed by atoms with Gasteiger partial charge in [0.25, 0.3) is 0 Å². The Morgan fingerprint density at radius 3 is 2.84 bits per heavy atom. The Morgan fingerprint density at radius 1 is 1.16 bits per heavy atom. The molecule has 3 nitrogen and oxygen atoms in total. The molecule has 0 heterocycles. The summed E-state index contributed by atoms with van der Waals surface area (Å²) < 4.78 is 11.8. The summed E-state index contributed by atoms with van der Waals surface area (Å²) >= 11 is 0. The third kappa shape index (κ3) is 2.95. The van der Waals surface area contributed by atoms with Crippen molar-refractivity contribution in [2.75, 3.05) is 19.8 Å². The average molecular weight is 344 g/mol. The van der Waals surface area contributed by atoms with Crippen molar-refractivity contribution >= 4 is 0 Å². The van der Waals surface area contributed by atoms with E-state index in [1.807, 2.05) is 0 Å². The molecule has 25 heavy (non-hydrogen) atoms. The number of aliphatic hydroxyl groups excluding tert-OH is 1. The number of fused-ring (bicyclic) bond motifs is 5. The van der Waals surface area contributed by atoms with E-state index in [1.165, 1.54) is 49.7 Å². The molecule has 0 saturated heterocycles. The van der Waals surface area contributed by atoms with E-state index < -0.39 is 0 Å². The molecule has 4 atom stereocenters. The molecule has 1 aromatic carbocycles. The van der Waals surface area contributed by atoms with Gasteiger partial charge in [-0.25, -0.2) is 0 Å². The van der Waals surface area contributed by atoms with Crippen LogP contribution >= 0.6 is 0 Å². The lowest BCUT2D eigenvalue weighted by Crippen LogP contribution is -2.39. The molecule has 1 aromatic rings. The molecular formula is C22H32O3. The third-order valence-corrected chi connectivity index (χ3v) is 7.20. The minimum absolute atomic E-state index is 0.0476. The fraction of sp³-hybridized carbons (Fsp3) is 0.727. The fourth-order valence-electron chi connectivity index (χ4n) is 6.17. The van der Waals surface area contributed by atoms with Crippen molar-refractivity contribution in [1.29, 1.82) is 0 Å². The normalized spacial score (nSPS) is 33.3. The number of rotatable bonds is 5. The molecule has 1 N–H and O–H groups in total. The van der Waals surface area contributed by atoms with Gasteiger partial charge in [-0.05, 0) is 80.2 Å². The zero-order chi connectivity index (χ0) is 17.4. The lowest BCUT2D eigenvalue weighted by Gasteiger charge is -2.49. The van der Waals surface area contributed by atoms with Gasteiger partial charge in [-0.2, -0.15) is 0 Å². The highest BCUT2D eigenvalue weighted by molar-refractivity contribution is 5.50. The summed E-state index contributed by atoms with van der Waals surface area (Å²) in [6.07, 6.45) is 9.40. The summed E-state index contributed by atoms with van der Waals surface area (Å²) in [7, 11) is 0. The maximum Gasteiger partial charge on any atom is 0.126 e. The van der Waals surface area contributed by atoms with Crippen LogP contribution in [-0.2, 0) is 6.42 Å². The Kier molecular flexibility index (Phi) is 4.70. The molecule has 3 aliphatic carbocycles. The molecule has 0 aliphatic heterocycles. The first kappa shape index (κ1) is 17.2. The van der Waals surface area contributed by atoms with Crippen LogP contribution in [0.25, 0.3) is 0 Å². The monoisotopic (exact) mass is 344 g/mol. The quantitative estimate of drug-likeness (QED) is 0.841. The van der Waals surface area contributed by atoms with Gasteiger partial charge in [-0.1, -0.05) is 13.3 Å². The van der Waals surface area contributed by atoms with Crippen LogP contribution in [0.1, 0.15) is 69.4 Å². The van der Waals surface area contributed by atoms with Crippen molar-refractivity contribution in [3.8, 4) is 11.5 Å². The van der Waals surface area contributed by atoms with Crippen LogP contribution in [-0.4, -0.2) is 24.9 Å². The van der Waals surface area contributed by atoms with Crippen molar-refractivity contribution in [3.63, 3.8) is 0 Å². The molecule has 2 fully saturated rings. The molecule has 3 heteroatoms. The lowest BCUT2D eigenvalue weighted by molar-refractivity contribution is 0.0585. The number of aryl methyl sites for hydroxylation is 1. The highest BCUT2D eigenvalue weighted by Crippen LogP contribution is 2.62. The number of benzene rings is 1. The molecule has 138 valence electrons. The van der Waals surface area contributed by atoms with Crippen molar-refractivity contribution < 1.29 is 14.6 Å². The van der Waals surface area contributed by atoms with Crippen molar-refractivity contribution in [1.82, 2.24) is 0 Å². The van der Waals surface area contributed by atoms with Crippen molar-refractivity contribution in [2.24, 2.45) is 17.3 Å². The summed E-state index contributed by atoms with van der Waals surface area (Å²) in [5.74, 6) is 4.27. The summed E-state index contributed by atoms with van der Waals surface area (Å²) in [6.45, 7) is 5.69. The smallest absolute Gasteiger partial charge is 0.126 e. The predicted molar refractivity (Wildman–Crippen MR) is 99.4 cm³/mol. The van der Waals surface area contributed by atoms with Gasteiger partial charge in [-0.3, -0.25) is 0 Å². The highest BCUT2D eigenvalue weighted by Gasteiger charge is 2.50. The van der Waals surface area contributed by atoms with Crippen LogP contribution < -0.4 is 9.47 Å². The zero-order valence-electron chi connectivity index (χ0n) is 15.7. The number of hydrogen-bond acceptors (Lipinski definition) is 3. The van der Waals surface area contributed by atoms with Crippen molar-refractivity contribution in [3.05, 3.63) is 23.3 Å². The Labute approximate surface area is 151 Å². The van der Waals surface area contributed by atoms with Crippen molar-refractivity contribution in [2.45, 2.75) is 64.7 Å². The number of ether oxygens (including phenoxy) is 2. The van der Waals surface area contributed by atoms with E-state index in [0.717, 1.165) is 29.8 Å². The SMILES string of the molecule is CCOc1cc(OCCO)cc2c1[C@H]1CC[C@]3(C)CCC[C@H]3[C@@H]1CC2. The van der Waals surface area contributed by atoms with Crippen LogP contribution in [0.3, 0.4) is 0 Å². The highest BCUT2D eigenvalue weighted by atomic mass is 16.5. The largest absolute Gasteiger partial charge is 0.493 e. The first-order valence-corrected chi connectivity index (χ1v) is 10.2. The Bertz CT molecular complexity index is 626. The molecule has 4 rings (SSSR count). The first-order valence-electron chi connectivity index (χ1n) is 10.2. The van der Waals surface area contributed by atoms with Gasteiger partial charge in [0.2, 0.25) is 0 Å². The van der Waals surface area contributed by atoms with Gasteiger partial charge in [0.05, 0.1) is 13.2 Å². The molecular weight excluding hydrogens is 312 g/mol. The molecule has 0 aromatic heterocycles. The molecule has 3 aliphatic rings. The summed E-state index contributed by atoms with van der Waals surface area (Å²) in [5, 5.41) is 9.05. The van der Waals surface area contributed by atoms with Crippen LogP contribution in [0.5, 0.6) is 11.5 Å². The fourth-order valence-corrected chi connectivity index (χ4v) is 6.17. The number of aliphatic hydroxyl groups is 1. The molecule has 0 spiro atoms. The lowest BCUT2D eigenvalue weighted by atomic mass is 9.56. The summed E-state index contributed by atoms with van der Waals surface area (Å²) in [4.78, 5) is 0. The predicted octanol–water partition coefficient (Wildman–Crippen LogP) is 4.70. The minimum atomic E-state index is 0.0476. The van der Waals surface area contributed by atoms with Crippen LogP contribution in [0.2, 0.25) is 0 Å². The summed E-state index contributed by atoms with van der Waals surface area (Å²) in [5.41, 5.74) is 3.49. The molecule has 0 amide bonds. The first-order chi connectivity index (χ1) is 12.2. The van der Waals surface area contributed by atoms with E-state index in [-0.39, 0.29) is 6.61 Å². The van der Waals surface area contributed by atoms with Gasteiger partial charge in [0, 0.05) is 11.6 Å². The van der Waals surface area contributed by atoms with Gasteiger partial charge < -0.3 is 14.6 Å². The van der Waals surface area contributed by atoms with Gasteiger partial charge >= 0.3 is 0 Å². The second-order valence-corrected chi connectivity index (χ2v) is 8.50. The van der Waals surface area contributed by atoms with E-state index in [9.17, 15) is 0 Å². The average Bonchev–Trinajstić information content (AvgIpc) is 3.01. The van der Waals surface area contributed by atoms with Crippen LogP contribution in [0.4, 0.5) is 0 Å². The maximum atomic E-state index is 9.05. The maximum absolute atomic E-state index is 9.05. The summed E-state index contributed by atoms with van der Waals surface area (Å²) in [6, 6.07) is 4.26. The van der Waals surface area contributed by atoms with Gasteiger partial charge in [0.15, 0.2) is 0 Å². The second kappa shape index (κ2) is 6.83. The second-order valence-electron chi connectivity index (χ2n) is 8.50. The van der Waals surface area contributed by atoms with Gasteiger partial charge in [-0.15, -0.1) is 0 Å². The molecule has 2 saturated carbocycles. The molecule has 0 radical (unpaired) electrons. The third-order valence-electron chi connectivity index (χ3n) is 7.20. The van der Waals surface area contributed by atoms with E-state index >= 15 is 0 Å². The zero-order valence-corrected chi connectivity index (χ0v) is 15.7. The molecule has 0 unspecified atom stereocenters. The van der Waals surface area contributed by atoms with E-state index in [2.05, 4.69) is 26.0 Å². The Morgan fingerprint density at radius 2 is 2.04 bits per heavy atom. The van der Waals surface area contributed by atoms with E-state index in [0.29, 0.717) is 24.5 Å². The topological polar surface area (TPSA) is 38.7 Å². The minimum Gasteiger partial charge on any atom is -0.493 e. The van der Waals surface area contributed by atoms with E-state index in [1.54, 1.807) is 0 Å². The van der Waals surface area contributed by atoms with Gasteiger partial charge in [0.1, 0.15) is 18.1 Å². The number of hydrogen-bond donors (Lipinski definition) is 1. The Hall–Kier alpha value is -1.22. The molecule has 0 bridgehead atoms. The van der Waals surface area contributed by atoms with Crippen LogP contribution in [0, 0.1) is 17.3 Å². The Balaban J connectivity index is 1.69. The standard InChI is InChI=1S/C22H32O3/c1-3-24-20-14-16(25-12-11-23)13-15-6-7-17-18(21(15)20)8-10-22(2)9-4-5-19(17)22/h13-14,17-19,23H,3-12H2,1-2H3/t17-,18+,19+,22+/m1/s1. The van der Waals surface area contributed by atoms with E-state index in [4.69, 9.17) is 14.6 Å².